The third kappa shape index (κ3) is 4.73. The van der Waals surface area contributed by atoms with Gasteiger partial charge in [0.25, 0.3) is 0 Å². The summed E-state index contributed by atoms with van der Waals surface area (Å²) < 4.78 is 21.2. The van der Waals surface area contributed by atoms with E-state index in [2.05, 4.69) is 34.9 Å². The molecule has 5 aromatic rings. The minimum atomic E-state index is -0.359. The third-order valence-corrected chi connectivity index (χ3v) is 6.86. The van der Waals surface area contributed by atoms with Crippen LogP contribution in [0.5, 0.6) is 11.6 Å². The van der Waals surface area contributed by atoms with Gasteiger partial charge < -0.3 is 20.4 Å². The molecular weight excluding hydrogens is 473 g/mol. The second-order valence-electron chi connectivity index (χ2n) is 9.07. The highest BCUT2D eigenvalue weighted by Gasteiger charge is 2.28. The fraction of sp³-hybridized carbons (Fsp3) is 0.269. The van der Waals surface area contributed by atoms with Gasteiger partial charge >= 0.3 is 0 Å². The number of anilines is 1. The van der Waals surface area contributed by atoms with E-state index in [-0.39, 0.29) is 11.9 Å². The van der Waals surface area contributed by atoms with Crippen LogP contribution in [0.1, 0.15) is 18.9 Å². The van der Waals surface area contributed by atoms with Crippen LogP contribution in [-0.2, 0) is 0 Å². The maximum Gasteiger partial charge on any atom is 0.224 e. The monoisotopic (exact) mass is 499 g/mol. The van der Waals surface area contributed by atoms with E-state index in [0.717, 1.165) is 54.0 Å². The van der Waals surface area contributed by atoms with Crippen LogP contribution in [0, 0.1) is 11.7 Å². The fourth-order valence-corrected chi connectivity index (χ4v) is 4.98. The summed E-state index contributed by atoms with van der Waals surface area (Å²) in [6, 6.07) is 9.83. The maximum atomic E-state index is 13.5. The first kappa shape index (κ1) is 23.0. The van der Waals surface area contributed by atoms with Crippen molar-refractivity contribution in [2.24, 2.45) is 11.7 Å². The molecule has 4 aromatic heterocycles. The van der Waals surface area contributed by atoms with Gasteiger partial charge in [-0.1, -0.05) is 6.07 Å². The number of piperidine rings is 1. The molecule has 5 heterocycles. The average Bonchev–Trinajstić information content (AvgIpc) is 3.60. The van der Waals surface area contributed by atoms with Crippen molar-refractivity contribution in [3.8, 4) is 22.9 Å². The zero-order chi connectivity index (χ0) is 25.2. The van der Waals surface area contributed by atoms with Crippen LogP contribution in [-0.4, -0.2) is 54.3 Å². The summed E-state index contributed by atoms with van der Waals surface area (Å²) in [5.41, 5.74) is 8.83. The number of hydrogen-bond acceptors (Lipinski definition) is 8. The molecule has 1 aliphatic rings. The first-order chi connectivity index (χ1) is 18.2. The summed E-state index contributed by atoms with van der Waals surface area (Å²) in [6.07, 6.45) is 10.6. The first-order valence-corrected chi connectivity index (χ1v) is 12.2. The van der Waals surface area contributed by atoms with Crippen LogP contribution in [0.15, 0.2) is 67.6 Å². The van der Waals surface area contributed by atoms with Crippen LogP contribution in [0.3, 0.4) is 0 Å². The van der Waals surface area contributed by atoms with E-state index in [4.69, 9.17) is 10.5 Å². The molecule has 1 aliphatic heterocycles. The molecule has 1 saturated heterocycles. The van der Waals surface area contributed by atoms with Crippen molar-refractivity contribution in [3.05, 3.63) is 73.5 Å². The van der Waals surface area contributed by atoms with Gasteiger partial charge in [-0.2, -0.15) is 5.10 Å². The van der Waals surface area contributed by atoms with Gasteiger partial charge in [0, 0.05) is 55.1 Å². The molecule has 0 amide bonds. The van der Waals surface area contributed by atoms with Gasteiger partial charge in [-0.25, -0.2) is 24.3 Å². The molecule has 1 atom stereocenters. The summed E-state index contributed by atoms with van der Waals surface area (Å²) in [4.78, 5) is 22.7. The van der Waals surface area contributed by atoms with E-state index in [1.807, 2.05) is 29.3 Å². The Bertz CT molecular complexity index is 1510. The molecule has 0 saturated carbocycles. The second-order valence-corrected chi connectivity index (χ2v) is 9.07. The van der Waals surface area contributed by atoms with Crippen LogP contribution >= 0.6 is 0 Å². The Morgan fingerprint density at radius 1 is 1.08 bits per heavy atom. The van der Waals surface area contributed by atoms with Crippen molar-refractivity contribution < 1.29 is 9.13 Å². The predicted octanol–water partition coefficient (Wildman–Crippen LogP) is 3.96. The largest absolute Gasteiger partial charge is 0.439 e. The number of nitrogens with zero attached hydrogens (tertiary/aromatic N) is 7. The van der Waals surface area contributed by atoms with Crippen molar-refractivity contribution >= 4 is 16.9 Å². The molecule has 11 heteroatoms. The Morgan fingerprint density at radius 3 is 2.78 bits per heavy atom. The number of ether oxygens (including phenoxy) is 1. The number of hydrogen-bond donors (Lipinski definition) is 2. The topological polar surface area (TPSA) is 124 Å². The molecule has 0 aliphatic carbocycles. The quantitative estimate of drug-likeness (QED) is 0.345. The van der Waals surface area contributed by atoms with Crippen LogP contribution in [0.2, 0.25) is 0 Å². The smallest absolute Gasteiger partial charge is 0.224 e. The molecule has 0 spiro atoms. The number of rotatable bonds is 7. The van der Waals surface area contributed by atoms with Gasteiger partial charge in [0.2, 0.25) is 5.88 Å². The molecule has 37 heavy (non-hydrogen) atoms. The normalized spacial score (nSPS) is 15.2. The number of benzene rings is 1. The van der Waals surface area contributed by atoms with Crippen LogP contribution < -0.4 is 15.4 Å². The molecule has 0 radical (unpaired) electrons. The summed E-state index contributed by atoms with van der Waals surface area (Å²) in [5.74, 6) is 1.57. The van der Waals surface area contributed by atoms with Crippen LogP contribution in [0.4, 0.5) is 10.2 Å². The average molecular weight is 500 g/mol. The summed E-state index contributed by atoms with van der Waals surface area (Å²) >= 11 is 0. The van der Waals surface area contributed by atoms with Gasteiger partial charge in [-0.05, 0) is 37.0 Å². The number of aromatic amines is 1. The van der Waals surface area contributed by atoms with Crippen molar-refractivity contribution in [2.75, 3.05) is 24.5 Å². The lowest BCUT2D eigenvalue weighted by Crippen LogP contribution is -2.39. The molecule has 1 aromatic carbocycles. The van der Waals surface area contributed by atoms with E-state index in [9.17, 15) is 4.39 Å². The zero-order valence-corrected chi connectivity index (χ0v) is 20.0. The van der Waals surface area contributed by atoms with Crippen molar-refractivity contribution in [2.45, 2.75) is 18.9 Å². The number of nitrogens with two attached hydrogens (primary N) is 1. The maximum absolute atomic E-state index is 13.5. The summed E-state index contributed by atoms with van der Waals surface area (Å²) in [7, 11) is 0. The summed E-state index contributed by atoms with van der Waals surface area (Å²) in [5, 5.41) is 5.62. The Morgan fingerprint density at radius 2 is 1.95 bits per heavy atom. The Hall–Kier alpha value is -4.38. The molecule has 1 fully saturated rings. The minimum Gasteiger partial charge on any atom is -0.439 e. The highest BCUT2D eigenvalue weighted by atomic mass is 19.1. The van der Waals surface area contributed by atoms with Crippen molar-refractivity contribution in [3.63, 3.8) is 0 Å². The molecule has 3 N–H and O–H groups in total. The van der Waals surface area contributed by atoms with Crippen LogP contribution in [0.25, 0.3) is 22.3 Å². The molecule has 10 nitrogen and oxygen atoms in total. The highest BCUT2D eigenvalue weighted by Crippen LogP contribution is 2.32. The van der Waals surface area contributed by atoms with E-state index in [0.29, 0.717) is 24.1 Å². The molecule has 188 valence electrons. The lowest BCUT2D eigenvalue weighted by Gasteiger charge is -2.36. The van der Waals surface area contributed by atoms with Crippen molar-refractivity contribution in [1.29, 1.82) is 0 Å². The number of H-pyrrole nitrogens is 1. The number of halogens is 1. The molecule has 0 bridgehead atoms. The summed E-state index contributed by atoms with van der Waals surface area (Å²) in [6.45, 7) is 2.14. The van der Waals surface area contributed by atoms with E-state index in [1.165, 1.54) is 18.5 Å². The van der Waals surface area contributed by atoms with Crippen molar-refractivity contribution in [1.82, 2.24) is 34.7 Å². The molecule has 6 rings (SSSR count). The standard InChI is InChI=1S/C26H26FN9O/c27-19-2-1-3-20(10-19)37-24-11-23(30-15-31-24)35-8-5-17(6-9-35)22(12-28)36-14-18(13-34-36)25-21-4-7-29-26(21)33-16-32-25/h1-4,7,10-11,13-17,22H,5-6,8-9,12,28H2,(H,29,32,33). The lowest BCUT2D eigenvalue weighted by atomic mass is 9.89. The Kier molecular flexibility index (Phi) is 6.19. The highest BCUT2D eigenvalue weighted by molar-refractivity contribution is 5.89. The SMILES string of the molecule is NCC(C1CCN(c2cc(Oc3cccc(F)c3)ncn2)CC1)n1cc(-c2ncnc3[nH]ccc23)cn1. The third-order valence-electron chi connectivity index (χ3n) is 6.86. The second kappa shape index (κ2) is 9.94. The fourth-order valence-electron chi connectivity index (χ4n) is 4.98. The van der Waals surface area contributed by atoms with Gasteiger partial charge in [0.15, 0.2) is 0 Å². The van der Waals surface area contributed by atoms with Gasteiger partial charge in [-0.15, -0.1) is 0 Å². The van der Waals surface area contributed by atoms with Gasteiger partial charge in [-0.3, -0.25) is 4.68 Å². The van der Waals surface area contributed by atoms with E-state index < -0.39 is 0 Å². The van der Waals surface area contributed by atoms with Gasteiger partial charge in [0.1, 0.15) is 35.7 Å². The Balaban J connectivity index is 1.13. The predicted molar refractivity (Wildman–Crippen MR) is 137 cm³/mol. The first-order valence-electron chi connectivity index (χ1n) is 12.2. The van der Waals surface area contributed by atoms with E-state index >= 15 is 0 Å². The Labute approximate surface area is 212 Å². The number of nitrogens with one attached hydrogen (secondary N) is 1. The number of aromatic nitrogens is 7. The van der Waals surface area contributed by atoms with E-state index in [1.54, 1.807) is 24.5 Å². The zero-order valence-electron chi connectivity index (χ0n) is 20.0. The van der Waals surface area contributed by atoms with Gasteiger partial charge in [0.05, 0.1) is 17.9 Å². The minimum absolute atomic E-state index is 0.0803. The molecule has 1 unspecified atom stereocenters. The molecular formula is C26H26FN9O. The number of fused-ring (bicyclic) bond motifs is 1. The lowest BCUT2D eigenvalue weighted by molar-refractivity contribution is 0.262.